The van der Waals surface area contributed by atoms with E-state index in [1.54, 1.807) is 7.11 Å². The molecule has 0 aromatic rings. The smallest absolute Gasteiger partial charge is 0.0615 e. The van der Waals surface area contributed by atoms with Crippen molar-refractivity contribution in [1.82, 2.24) is 4.90 Å². The standard InChI is InChI=1S/C12H26N2O2/c1-4-14(10(2)8-15-3)7-12(13)11-5-6-16-9-11/h10-12H,4-9,13H2,1-3H3. The van der Waals surface area contributed by atoms with Gasteiger partial charge in [0.15, 0.2) is 0 Å². The Hall–Kier alpha value is -0.160. The summed E-state index contributed by atoms with van der Waals surface area (Å²) in [5.74, 6) is 0.531. The maximum atomic E-state index is 6.23. The Bertz CT molecular complexity index is 184. The zero-order valence-electron chi connectivity index (χ0n) is 10.8. The van der Waals surface area contributed by atoms with Crippen molar-refractivity contribution in [3.8, 4) is 0 Å². The summed E-state index contributed by atoms with van der Waals surface area (Å²) in [5.41, 5.74) is 6.23. The van der Waals surface area contributed by atoms with Crippen LogP contribution in [-0.2, 0) is 9.47 Å². The highest BCUT2D eigenvalue weighted by atomic mass is 16.5. The molecule has 1 aliphatic heterocycles. The fourth-order valence-corrected chi connectivity index (χ4v) is 2.28. The van der Waals surface area contributed by atoms with Crippen LogP contribution in [0.2, 0.25) is 0 Å². The zero-order chi connectivity index (χ0) is 12.0. The number of nitrogens with two attached hydrogens (primary N) is 1. The number of methoxy groups -OCH3 is 1. The predicted octanol–water partition coefficient (Wildman–Crippen LogP) is 0.707. The van der Waals surface area contributed by atoms with Gasteiger partial charge in [-0.25, -0.2) is 0 Å². The molecule has 1 saturated heterocycles. The van der Waals surface area contributed by atoms with Crippen LogP contribution in [0.4, 0.5) is 0 Å². The van der Waals surface area contributed by atoms with E-state index >= 15 is 0 Å². The number of hydrogen-bond acceptors (Lipinski definition) is 4. The zero-order valence-corrected chi connectivity index (χ0v) is 10.8. The normalized spacial score (nSPS) is 24.9. The Morgan fingerprint density at radius 2 is 2.31 bits per heavy atom. The summed E-state index contributed by atoms with van der Waals surface area (Å²) in [6, 6.07) is 0.658. The van der Waals surface area contributed by atoms with Crippen LogP contribution in [0, 0.1) is 5.92 Å². The van der Waals surface area contributed by atoms with Gasteiger partial charge in [0.1, 0.15) is 0 Å². The lowest BCUT2D eigenvalue weighted by molar-refractivity contribution is 0.0918. The van der Waals surface area contributed by atoms with E-state index in [-0.39, 0.29) is 6.04 Å². The molecule has 0 bridgehead atoms. The molecule has 0 radical (unpaired) electrons. The highest BCUT2D eigenvalue weighted by Gasteiger charge is 2.25. The topological polar surface area (TPSA) is 47.7 Å². The van der Waals surface area contributed by atoms with Crippen LogP contribution in [0.15, 0.2) is 0 Å². The molecule has 0 spiro atoms. The van der Waals surface area contributed by atoms with Crippen molar-refractivity contribution < 1.29 is 9.47 Å². The van der Waals surface area contributed by atoms with Crippen molar-refractivity contribution in [2.24, 2.45) is 11.7 Å². The van der Waals surface area contributed by atoms with Gasteiger partial charge >= 0.3 is 0 Å². The minimum absolute atomic E-state index is 0.224. The Kier molecular flexibility index (Phi) is 6.28. The summed E-state index contributed by atoms with van der Waals surface area (Å²) in [6.07, 6.45) is 1.11. The molecular weight excluding hydrogens is 204 g/mol. The van der Waals surface area contributed by atoms with Gasteiger partial charge < -0.3 is 15.2 Å². The molecule has 96 valence electrons. The van der Waals surface area contributed by atoms with E-state index in [0.717, 1.165) is 39.3 Å². The minimum Gasteiger partial charge on any atom is -0.383 e. The number of likely N-dealkylation sites (N-methyl/N-ethyl adjacent to an activating group) is 1. The third-order valence-electron chi connectivity index (χ3n) is 3.45. The molecule has 16 heavy (non-hydrogen) atoms. The van der Waals surface area contributed by atoms with Gasteiger partial charge in [-0.05, 0) is 19.9 Å². The molecule has 1 fully saturated rings. The summed E-state index contributed by atoms with van der Waals surface area (Å²) in [7, 11) is 1.75. The van der Waals surface area contributed by atoms with E-state index in [2.05, 4.69) is 18.7 Å². The van der Waals surface area contributed by atoms with Crippen LogP contribution in [-0.4, -0.2) is 57.0 Å². The molecule has 0 aromatic carbocycles. The maximum absolute atomic E-state index is 6.23. The van der Waals surface area contributed by atoms with Gasteiger partial charge in [0.2, 0.25) is 0 Å². The summed E-state index contributed by atoms with van der Waals surface area (Å²) in [5, 5.41) is 0. The molecule has 4 heteroatoms. The Morgan fingerprint density at radius 3 is 2.81 bits per heavy atom. The molecule has 3 atom stereocenters. The number of nitrogens with zero attached hydrogens (tertiary/aromatic N) is 1. The van der Waals surface area contributed by atoms with Gasteiger partial charge in [0.25, 0.3) is 0 Å². The van der Waals surface area contributed by atoms with Crippen molar-refractivity contribution in [1.29, 1.82) is 0 Å². The second-order valence-corrected chi connectivity index (χ2v) is 4.68. The lowest BCUT2D eigenvalue weighted by Crippen LogP contribution is -2.47. The van der Waals surface area contributed by atoms with Gasteiger partial charge in [0, 0.05) is 38.3 Å². The van der Waals surface area contributed by atoms with E-state index in [1.807, 2.05) is 0 Å². The third kappa shape index (κ3) is 4.01. The number of rotatable bonds is 7. The van der Waals surface area contributed by atoms with E-state index < -0.39 is 0 Å². The van der Waals surface area contributed by atoms with E-state index in [0.29, 0.717) is 12.0 Å². The number of ether oxygens (including phenoxy) is 2. The van der Waals surface area contributed by atoms with Crippen LogP contribution < -0.4 is 5.73 Å². The second kappa shape index (κ2) is 7.22. The van der Waals surface area contributed by atoms with Crippen molar-refractivity contribution in [2.75, 3.05) is 40.0 Å². The quantitative estimate of drug-likeness (QED) is 0.699. The summed E-state index contributed by atoms with van der Waals surface area (Å²) >= 11 is 0. The monoisotopic (exact) mass is 230 g/mol. The third-order valence-corrected chi connectivity index (χ3v) is 3.45. The largest absolute Gasteiger partial charge is 0.383 e. The van der Waals surface area contributed by atoms with Crippen LogP contribution in [0.25, 0.3) is 0 Å². The first-order valence-corrected chi connectivity index (χ1v) is 6.25. The van der Waals surface area contributed by atoms with E-state index in [4.69, 9.17) is 15.2 Å². The molecule has 0 saturated carbocycles. The Labute approximate surface area is 99.1 Å². The molecule has 2 N–H and O–H groups in total. The first-order chi connectivity index (χ1) is 7.69. The fourth-order valence-electron chi connectivity index (χ4n) is 2.28. The SMILES string of the molecule is CCN(CC(N)C1CCOC1)C(C)COC. The molecule has 0 aromatic heterocycles. The van der Waals surface area contributed by atoms with Gasteiger partial charge in [-0.15, -0.1) is 0 Å². The minimum atomic E-state index is 0.224. The van der Waals surface area contributed by atoms with Crippen LogP contribution in [0.3, 0.4) is 0 Å². The molecule has 0 amide bonds. The molecule has 3 unspecified atom stereocenters. The van der Waals surface area contributed by atoms with Crippen LogP contribution in [0.1, 0.15) is 20.3 Å². The molecule has 1 rings (SSSR count). The lowest BCUT2D eigenvalue weighted by atomic mass is 9.99. The summed E-state index contributed by atoms with van der Waals surface area (Å²) in [4.78, 5) is 2.38. The average Bonchev–Trinajstić information content (AvgIpc) is 2.79. The molecule has 4 nitrogen and oxygen atoms in total. The molecular formula is C12H26N2O2. The fraction of sp³-hybridized carbons (Fsp3) is 1.00. The maximum Gasteiger partial charge on any atom is 0.0615 e. The second-order valence-electron chi connectivity index (χ2n) is 4.68. The van der Waals surface area contributed by atoms with Gasteiger partial charge in [-0.2, -0.15) is 0 Å². The highest BCUT2D eigenvalue weighted by molar-refractivity contribution is 4.80. The Morgan fingerprint density at radius 1 is 1.56 bits per heavy atom. The summed E-state index contributed by atoms with van der Waals surface area (Å²) in [6.45, 7) is 8.78. The number of hydrogen-bond donors (Lipinski definition) is 1. The lowest BCUT2D eigenvalue weighted by Gasteiger charge is -2.31. The first kappa shape index (κ1) is 13.9. The predicted molar refractivity (Wildman–Crippen MR) is 65.5 cm³/mol. The first-order valence-electron chi connectivity index (χ1n) is 6.25. The van der Waals surface area contributed by atoms with Gasteiger partial charge in [0.05, 0.1) is 13.2 Å². The van der Waals surface area contributed by atoms with E-state index in [1.165, 1.54) is 0 Å². The Balaban J connectivity index is 2.35. The van der Waals surface area contributed by atoms with Crippen molar-refractivity contribution in [3.05, 3.63) is 0 Å². The average molecular weight is 230 g/mol. The highest BCUT2D eigenvalue weighted by Crippen LogP contribution is 2.16. The van der Waals surface area contributed by atoms with E-state index in [9.17, 15) is 0 Å². The summed E-state index contributed by atoms with van der Waals surface area (Å²) < 4.78 is 10.6. The van der Waals surface area contributed by atoms with Crippen molar-refractivity contribution >= 4 is 0 Å². The molecule has 1 aliphatic rings. The van der Waals surface area contributed by atoms with Gasteiger partial charge in [-0.3, -0.25) is 4.90 Å². The van der Waals surface area contributed by atoms with Crippen LogP contribution >= 0.6 is 0 Å². The van der Waals surface area contributed by atoms with Crippen molar-refractivity contribution in [2.45, 2.75) is 32.4 Å². The molecule has 0 aliphatic carbocycles. The van der Waals surface area contributed by atoms with Gasteiger partial charge in [-0.1, -0.05) is 6.92 Å². The molecule has 1 heterocycles. The van der Waals surface area contributed by atoms with Crippen molar-refractivity contribution in [3.63, 3.8) is 0 Å². The van der Waals surface area contributed by atoms with Crippen LogP contribution in [0.5, 0.6) is 0 Å².